The minimum Gasteiger partial charge on any atom is -0.386 e. The van der Waals surface area contributed by atoms with Crippen LogP contribution in [0.4, 0.5) is 8.78 Å². The van der Waals surface area contributed by atoms with E-state index in [-0.39, 0.29) is 17.4 Å². The van der Waals surface area contributed by atoms with Gasteiger partial charge in [0.15, 0.2) is 0 Å². The van der Waals surface area contributed by atoms with Gasteiger partial charge in [-0.25, -0.2) is 13.8 Å². The molecular weight excluding hydrogens is 280 g/mol. The first-order chi connectivity index (χ1) is 9.29. The summed E-state index contributed by atoms with van der Waals surface area (Å²) in [5.41, 5.74) is 0.249. The van der Waals surface area contributed by atoms with Crippen LogP contribution in [0, 0.1) is 11.6 Å². The number of hydrogen-bond acceptors (Lipinski definition) is 3. The van der Waals surface area contributed by atoms with Crippen LogP contribution in [0.1, 0.15) is 43.1 Å². The molecule has 1 aromatic heterocycles. The number of halogens is 2. The quantitative estimate of drug-likeness (QED) is 0.929. The Morgan fingerprint density at radius 2 is 1.85 bits per heavy atom. The molecule has 0 aliphatic heterocycles. The van der Waals surface area contributed by atoms with Gasteiger partial charge in [-0.2, -0.15) is 0 Å². The predicted octanol–water partition coefficient (Wildman–Crippen LogP) is 3.99. The fourth-order valence-electron chi connectivity index (χ4n) is 1.81. The van der Waals surface area contributed by atoms with Crippen molar-refractivity contribution in [3.8, 4) is 0 Å². The maximum absolute atomic E-state index is 13.6. The van der Waals surface area contributed by atoms with Crippen LogP contribution in [0.5, 0.6) is 0 Å². The van der Waals surface area contributed by atoms with Crippen LogP contribution in [0.3, 0.4) is 0 Å². The van der Waals surface area contributed by atoms with E-state index in [1.807, 2.05) is 20.8 Å². The van der Waals surface area contributed by atoms with Gasteiger partial charge in [0, 0.05) is 22.8 Å². The molecule has 0 aliphatic carbocycles. The molecule has 0 fully saturated rings. The number of hydrogen-bond donors (Lipinski definition) is 1. The number of benzene rings is 1. The van der Waals surface area contributed by atoms with Gasteiger partial charge in [-0.15, -0.1) is 11.3 Å². The maximum atomic E-state index is 13.6. The average molecular weight is 297 g/mol. The van der Waals surface area contributed by atoms with Gasteiger partial charge < -0.3 is 5.11 Å². The van der Waals surface area contributed by atoms with E-state index < -0.39 is 17.7 Å². The van der Waals surface area contributed by atoms with Crippen LogP contribution < -0.4 is 0 Å². The number of aliphatic hydroxyl groups is 1. The van der Waals surface area contributed by atoms with Crippen molar-refractivity contribution in [2.45, 2.75) is 38.7 Å². The van der Waals surface area contributed by atoms with Gasteiger partial charge in [0.05, 0.1) is 10.7 Å². The molecule has 1 atom stereocenters. The summed E-state index contributed by atoms with van der Waals surface area (Å²) in [6.45, 7) is 6.08. The Morgan fingerprint density at radius 3 is 2.35 bits per heavy atom. The molecule has 2 rings (SSSR count). The lowest BCUT2D eigenvalue weighted by molar-refractivity contribution is 0.171. The first-order valence-corrected chi connectivity index (χ1v) is 7.24. The van der Waals surface area contributed by atoms with Crippen LogP contribution in [0.25, 0.3) is 0 Å². The predicted molar refractivity (Wildman–Crippen MR) is 75.8 cm³/mol. The molecule has 0 radical (unpaired) electrons. The van der Waals surface area contributed by atoms with Gasteiger partial charge in [0.25, 0.3) is 0 Å². The van der Waals surface area contributed by atoms with Crippen molar-refractivity contribution in [1.82, 2.24) is 4.98 Å². The van der Waals surface area contributed by atoms with Gasteiger partial charge in [-0.05, 0) is 12.1 Å². The summed E-state index contributed by atoms with van der Waals surface area (Å²) in [5, 5.41) is 12.7. The number of nitrogens with zero attached hydrogens (tertiary/aromatic N) is 1. The molecule has 0 saturated heterocycles. The zero-order valence-electron chi connectivity index (χ0n) is 11.7. The maximum Gasteiger partial charge on any atom is 0.129 e. The summed E-state index contributed by atoms with van der Waals surface area (Å²) in [7, 11) is 0. The molecule has 0 amide bonds. The van der Waals surface area contributed by atoms with Gasteiger partial charge >= 0.3 is 0 Å². The largest absolute Gasteiger partial charge is 0.386 e. The minimum absolute atomic E-state index is 0.105. The fourth-order valence-corrected chi connectivity index (χ4v) is 2.76. The summed E-state index contributed by atoms with van der Waals surface area (Å²) in [6, 6.07) is 3.68. The van der Waals surface area contributed by atoms with Gasteiger partial charge in [-0.3, -0.25) is 0 Å². The van der Waals surface area contributed by atoms with Gasteiger partial charge in [-0.1, -0.05) is 26.8 Å². The van der Waals surface area contributed by atoms with E-state index in [1.165, 1.54) is 29.5 Å². The van der Waals surface area contributed by atoms with E-state index in [0.29, 0.717) is 5.69 Å². The van der Waals surface area contributed by atoms with Crippen LogP contribution in [-0.4, -0.2) is 10.1 Å². The standard InChI is InChI=1S/C15H17F2NOS/c1-15(2,3)14-18-12(8-20-14)13(19)7-9-10(16)5-4-6-11(9)17/h4-6,8,13,19H,7H2,1-3H3. The molecule has 1 unspecified atom stereocenters. The Balaban J connectivity index is 2.20. The zero-order valence-corrected chi connectivity index (χ0v) is 12.5. The van der Waals surface area contributed by atoms with Crippen molar-refractivity contribution < 1.29 is 13.9 Å². The highest BCUT2D eigenvalue weighted by molar-refractivity contribution is 7.09. The molecule has 0 aliphatic rings. The summed E-state index contributed by atoms with van der Waals surface area (Å²) >= 11 is 1.45. The molecule has 20 heavy (non-hydrogen) atoms. The molecule has 0 spiro atoms. The first-order valence-electron chi connectivity index (χ1n) is 6.36. The lowest BCUT2D eigenvalue weighted by Crippen LogP contribution is -2.12. The molecule has 5 heteroatoms. The summed E-state index contributed by atoms with van der Waals surface area (Å²) in [5.74, 6) is -1.29. The number of aromatic nitrogens is 1. The second-order valence-electron chi connectivity index (χ2n) is 5.75. The molecule has 0 bridgehead atoms. The molecule has 108 valence electrons. The Morgan fingerprint density at radius 1 is 1.25 bits per heavy atom. The lowest BCUT2D eigenvalue weighted by atomic mass is 9.98. The highest BCUT2D eigenvalue weighted by Gasteiger charge is 2.22. The summed E-state index contributed by atoms with van der Waals surface area (Å²) in [6.07, 6.45) is -1.13. The minimum atomic E-state index is -1.01. The SMILES string of the molecule is CC(C)(C)c1nc(C(O)Cc2c(F)cccc2F)cs1. The van der Waals surface area contributed by atoms with E-state index in [4.69, 9.17) is 0 Å². The normalized spacial score (nSPS) is 13.5. The van der Waals surface area contributed by atoms with Crippen molar-refractivity contribution in [2.24, 2.45) is 0 Å². The lowest BCUT2D eigenvalue weighted by Gasteiger charge is -2.14. The number of rotatable bonds is 3. The van der Waals surface area contributed by atoms with Crippen molar-refractivity contribution in [3.05, 3.63) is 51.5 Å². The average Bonchev–Trinajstić information content (AvgIpc) is 2.83. The third kappa shape index (κ3) is 3.22. The smallest absolute Gasteiger partial charge is 0.129 e. The Kier molecular flexibility index (Phi) is 4.20. The van der Waals surface area contributed by atoms with E-state index in [0.717, 1.165) is 5.01 Å². The van der Waals surface area contributed by atoms with Crippen LogP contribution >= 0.6 is 11.3 Å². The molecule has 1 N–H and O–H groups in total. The number of thiazole rings is 1. The Bertz CT molecular complexity index is 584. The fraction of sp³-hybridized carbons (Fsp3) is 0.400. The number of aliphatic hydroxyl groups excluding tert-OH is 1. The monoisotopic (exact) mass is 297 g/mol. The van der Waals surface area contributed by atoms with Crippen LogP contribution in [-0.2, 0) is 11.8 Å². The van der Waals surface area contributed by atoms with E-state index in [1.54, 1.807) is 5.38 Å². The second kappa shape index (κ2) is 5.58. The van der Waals surface area contributed by atoms with E-state index >= 15 is 0 Å². The van der Waals surface area contributed by atoms with E-state index in [9.17, 15) is 13.9 Å². The van der Waals surface area contributed by atoms with Crippen molar-refractivity contribution in [2.75, 3.05) is 0 Å². The molecule has 0 saturated carbocycles. The summed E-state index contributed by atoms with van der Waals surface area (Å²) in [4.78, 5) is 4.36. The molecule has 2 aromatic rings. The highest BCUT2D eigenvalue weighted by atomic mass is 32.1. The van der Waals surface area contributed by atoms with Crippen molar-refractivity contribution >= 4 is 11.3 Å². The highest BCUT2D eigenvalue weighted by Crippen LogP contribution is 2.29. The summed E-state index contributed by atoms with van der Waals surface area (Å²) < 4.78 is 27.1. The second-order valence-corrected chi connectivity index (χ2v) is 6.61. The third-order valence-corrected chi connectivity index (χ3v) is 4.25. The molecule has 2 nitrogen and oxygen atoms in total. The Hall–Kier alpha value is -1.33. The van der Waals surface area contributed by atoms with Crippen molar-refractivity contribution in [1.29, 1.82) is 0 Å². The topological polar surface area (TPSA) is 33.1 Å². The first kappa shape index (κ1) is 15.1. The molecule has 1 heterocycles. The van der Waals surface area contributed by atoms with Crippen molar-refractivity contribution in [3.63, 3.8) is 0 Å². The Labute approximate surface area is 121 Å². The zero-order chi connectivity index (χ0) is 14.9. The van der Waals surface area contributed by atoms with Crippen LogP contribution in [0.15, 0.2) is 23.6 Å². The molecule has 1 aromatic carbocycles. The van der Waals surface area contributed by atoms with Gasteiger partial charge in [0.1, 0.15) is 17.7 Å². The van der Waals surface area contributed by atoms with Crippen LogP contribution in [0.2, 0.25) is 0 Å². The van der Waals surface area contributed by atoms with E-state index in [2.05, 4.69) is 4.98 Å². The molecular formula is C15H17F2NOS. The van der Waals surface area contributed by atoms with Gasteiger partial charge in [0.2, 0.25) is 0 Å². The third-order valence-electron chi connectivity index (χ3n) is 2.96.